The van der Waals surface area contributed by atoms with Gasteiger partial charge in [0, 0.05) is 24.5 Å². The van der Waals surface area contributed by atoms with Crippen LogP contribution in [0.3, 0.4) is 0 Å². The number of carbonyl (C=O) groups excluding carboxylic acids is 1. The number of nitrogens with one attached hydrogen (secondary N) is 1. The van der Waals surface area contributed by atoms with Crippen molar-refractivity contribution in [1.82, 2.24) is 14.4 Å². The Morgan fingerprint density at radius 2 is 1.97 bits per heavy atom. The van der Waals surface area contributed by atoms with Crippen LogP contribution in [-0.4, -0.2) is 37.4 Å². The molecule has 0 aliphatic rings. The van der Waals surface area contributed by atoms with Gasteiger partial charge in [0.25, 0.3) is 5.91 Å². The maximum atomic E-state index is 11.8. The number of rotatable bonds is 6. The molecule has 0 fully saturated rings. The Balaban J connectivity index is 1.69. The van der Waals surface area contributed by atoms with Crippen molar-refractivity contribution in [3.63, 3.8) is 0 Å². The number of carbonyl (C=O) groups is 1. The van der Waals surface area contributed by atoms with Crippen LogP contribution >= 0.6 is 0 Å². The molecule has 0 aliphatic carbocycles. The zero-order chi connectivity index (χ0) is 22.1. The monoisotopic (exact) mass is 415 g/mol. The lowest BCUT2D eigenvalue weighted by molar-refractivity contribution is 0.100. The first kappa shape index (κ1) is 20.6. The van der Waals surface area contributed by atoms with Crippen molar-refractivity contribution < 1.29 is 14.8 Å². The molecular weight excluding hydrogens is 393 g/mol. The number of aryl methyl sites for hydroxylation is 2. The van der Waals surface area contributed by atoms with E-state index in [4.69, 9.17) is 10.7 Å². The number of hydrogen-bond donors (Lipinski definition) is 4. The SMILES string of the molecule is Cc1cnc(-c2c(C)cc3c(C(N)=O)cccn23)nc1NCc1cccc(B(O)O)c1. The minimum absolute atomic E-state index is 0.430. The van der Waals surface area contributed by atoms with Gasteiger partial charge >= 0.3 is 7.12 Å². The third-order valence-electron chi connectivity index (χ3n) is 5.16. The van der Waals surface area contributed by atoms with E-state index >= 15 is 0 Å². The molecule has 0 bridgehead atoms. The van der Waals surface area contributed by atoms with Gasteiger partial charge in [0.2, 0.25) is 0 Å². The number of anilines is 1. The highest BCUT2D eigenvalue weighted by Crippen LogP contribution is 2.27. The van der Waals surface area contributed by atoms with Crippen molar-refractivity contribution in [1.29, 1.82) is 0 Å². The summed E-state index contributed by atoms with van der Waals surface area (Å²) in [5.41, 5.74) is 10.6. The highest BCUT2D eigenvalue weighted by molar-refractivity contribution is 6.58. The average molecular weight is 415 g/mol. The quantitative estimate of drug-likeness (QED) is 0.353. The van der Waals surface area contributed by atoms with Gasteiger partial charge in [-0.3, -0.25) is 4.79 Å². The van der Waals surface area contributed by atoms with Crippen LogP contribution in [0.5, 0.6) is 0 Å². The van der Waals surface area contributed by atoms with Gasteiger partial charge in [-0.2, -0.15) is 0 Å². The second kappa shape index (κ2) is 8.21. The molecule has 4 aromatic rings. The number of amides is 1. The summed E-state index contributed by atoms with van der Waals surface area (Å²) in [6.45, 7) is 4.31. The summed E-state index contributed by atoms with van der Waals surface area (Å²) in [4.78, 5) is 21.0. The first-order chi connectivity index (χ1) is 14.8. The Bertz CT molecular complexity index is 1290. The van der Waals surface area contributed by atoms with Gasteiger partial charge < -0.3 is 25.5 Å². The molecular formula is C22H22BN5O3. The molecule has 8 nitrogen and oxygen atoms in total. The number of hydrogen-bond acceptors (Lipinski definition) is 6. The van der Waals surface area contributed by atoms with Gasteiger partial charge in [-0.25, -0.2) is 9.97 Å². The Kier molecular flexibility index (Phi) is 5.45. The van der Waals surface area contributed by atoms with Crippen molar-refractivity contribution in [2.75, 3.05) is 5.32 Å². The Hall–Kier alpha value is -3.69. The van der Waals surface area contributed by atoms with Crippen molar-refractivity contribution in [2.24, 2.45) is 5.73 Å². The molecule has 1 aromatic carbocycles. The van der Waals surface area contributed by atoms with Crippen LogP contribution in [0.2, 0.25) is 0 Å². The molecule has 5 N–H and O–H groups in total. The summed E-state index contributed by atoms with van der Waals surface area (Å²) in [5.74, 6) is 0.698. The number of nitrogens with zero attached hydrogens (tertiary/aromatic N) is 3. The molecule has 9 heteroatoms. The molecule has 31 heavy (non-hydrogen) atoms. The predicted molar refractivity (Wildman–Crippen MR) is 120 cm³/mol. The molecule has 0 saturated carbocycles. The molecule has 0 spiro atoms. The molecule has 0 radical (unpaired) electrons. The molecule has 156 valence electrons. The van der Waals surface area contributed by atoms with Gasteiger partial charge in [-0.1, -0.05) is 24.3 Å². The third kappa shape index (κ3) is 4.01. The van der Waals surface area contributed by atoms with E-state index in [0.29, 0.717) is 34.7 Å². The van der Waals surface area contributed by atoms with Gasteiger partial charge in [0.05, 0.1) is 16.8 Å². The normalized spacial score (nSPS) is 11.0. The summed E-state index contributed by atoms with van der Waals surface area (Å²) in [5, 5.41) is 22.0. The van der Waals surface area contributed by atoms with Gasteiger partial charge in [-0.15, -0.1) is 0 Å². The summed E-state index contributed by atoms with van der Waals surface area (Å²) in [6.07, 6.45) is 3.60. The number of nitrogens with two attached hydrogens (primary N) is 1. The molecule has 0 aliphatic heterocycles. The van der Waals surface area contributed by atoms with Crippen molar-refractivity contribution in [3.8, 4) is 11.5 Å². The zero-order valence-electron chi connectivity index (χ0n) is 17.2. The smallest absolute Gasteiger partial charge is 0.423 e. The fourth-order valence-electron chi connectivity index (χ4n) is 3.60. The third-order valence-corrected chi connectivity index (χ3v) is 5.16. The Labute approximate surface area is 179 Å². The zero-order valence-corrected chi connectivity index (χ0v) is 17.2. The molecule has 0 atom stereocenters. The minimum atomic E-state index is -1.51. The fourth-order valence-corrected chi connectivity index (χ4v) is 3.60. The maximum absolute atomic E-state index is 11.8. The van der Waals surface area contributed by atoms with Crippen molar-refractivity contribution in [2.45, 2.75) is 20.4 Å². The minimum Gasteiger partial charge on any atom is -0.423 e. The summed E-state index contributed by atoms with van der Waals surface area (Å²) in [7, 11) is -1.51. The molecule has 0 unspecified atom stereocenters. The number of fused-ring (bicyclic) bond motifs is 1. The van der Waals surface area contributed by atoms with Gasteiger partial charge in [-0.05, 0) is 48.6 Å². The largest absolute Gasteiger partial charge is 0.488 e. The van der Waals surface area contributed by atoms with E-state index in [2.05, 4.69) is 10.3 Å². The fraction of sp³-hybridized carbons (Fsp3) is 0.136. The highest BCUT2D eigenvalue weighted by atomic mass is 16.4. The Morgan fingerprint density at radius 3 is 2.71 bits per heavy atom. The van der Waals surface area contributed by atoms with Crippen LogP contribution in [-0.2, 0) is 6.54 Å². The summed E-state index contributed by atoms with van der Waals surface area (Å²) in [6, 6.07) is 12.4. The van der Waals surface area contributed by atoms with E-state index < -0.39 is 13.0 Å². The van der Waals surface area contributed by atoms with E-state index in [1.165, 1.54) is 0 Å². The second-order valence-electron chi connectivity index (χ2n) is 7.41. The molecule has 0 saturated heterocycles. The van der Waals surface area contributed by atoms with E-state index in [1.807, 2.05) is 36.6 Å². The van der Waals surface area contributed by atoms with E-state index in [1.54, 1.807) is 36.5 Å². The second-order valence-corrected chi connectivity index (χ2v) is 7.41. The molecule has 4 rings (SSSR count). The van der Waals surface area contributed by atoms with Crippen LogP contribution < -0.4 is 16.5 Å². The lowest BCUT2D eigenvalue weighted by Crippen LogP contribution is -2.30. The first-order valence-electron chi connectivity index (χ1n) is 9.78. The van der Waals surface area contributed by atoms with Crippen LogP contribution in [0.15, 0.2) is 54.9 Å². The summed E-state index contributed by atoms with van der Waals surface area (Å²) >= 11 is 0. The maximum Gasteiger partial charge on any atom is 0.488 e. The number of benzene rings is 1. The van der Waals surface area contributed by atoms with E-state index in [0.717, 1.165) is 22.4 Å². The van der Waals surface area contributed by atoms with Crippen LogP contribution in [0.4, 0.5) is 5.82 Å². The van der Waals surface area contributed by atoms with E-state index in [9.17, 15) is 14.8 Å². The summed E-state index contributed by atoms with van der Waals surface area (Å²) < 4.78 is 1.87. The number of aromatic nitrogens is 3. The van der Waals surface area contributed by atoms with Crippen molar-refractivity contribution >= 4 is 29.8 Å². The van der Waals surface area contributed by atoms with Gasteiger partial charge in [0.15, 0.2) is 5.82 Å². The molecule has 3 heterocycles. The average Bonchev–Trinajstić information content (AvgIpc) is 3.09. The van der Waals surface area contributed by atoms with Crippen LogP contribution in [0.25, 0.3) is 17.0 Å². The van der Waals surface area contributed by atoms with E-state index in [-0.39, 0.29) is 0 Å². The highest BCUT2D eigenvalue weighted by Gasteiger charge is 2.17. The van der Waals surface area contributed by atoms with Crippen LogP contribution in [0.1, 0.15) is 27.0 Å². The molecule has 3 aromatic heterocycles. The lowest BCUT2D eigenvalue weighted by atomic mass is 9.80. The van der Waals surface area contributed by atoms with Gasteiger partial charge in [0.1, 0.15) is 5.82 Å². The standard InChI is InChI=1S/C22H22BN5O3/c1-13-9-18-17(20(24)29)7-4-8-28(18)19(13)22-25-11-14(2)21(27-22)26-12-15-5-3-6-16(10-15)23(30)31/h3-11,30-31H,12H2,1-2H3,(H2,24,29)(H,25,26,27). The first-order valence-corrected chi connectivity index (χ1v) is 9.78. The topological polar surface area (TPSA) is 126 Å². The Morgan fingerprint density at radius 1 is 1.16 bits per heavy atom. The number of primary amides is 1. The lowest BCUT2D eigenvalue weighted by Gasteiger charge is -2.12. The number of pyridine rings is 1. The van der Waals surface area contributed by atoms with Crippen LogP contribution in [0, 0.1) is 13.8 Å². The van der Waals surface area contributed by atoms with Crippen molar-refractivity contribution in [3.05, 3.63) is 77.1 Å². The predicted octanol–water partition coefficient (Wildman–Crippen LogP) is 1.40. The molecule has 1 amide bonds.